The smallest absolute Gasteiger partial charge is 0.310 e. The monoisotopic (exact) mass is 319 g/mol. The summed E-state index contributed by atoms with van der Waals surface area (Å²) in [6.45, 7) is 0.888. The van der Waals surface area contributed by atoms with Crippen LogP contribution in [0.1, 0.15) is 5.56 Å². The highest BCUT2D eigenvalue weighted by atomic mass is 35.5. The minimum atomic E-state index is -0.882. The van der Waals surface area contributed by atoms with Crippen LogP contribution in [0, 0.1) is 5.92 Å². The molecular formula is C13H15Cl2NO4. The summed E-state index contributed by atoms with van der Waals surface area (Å²) in [6, 6.07) is 2.83. The molecule has 1 fully saturated rings. The summed E-state index contributed by atoms with van der Waals surface area (Å²) >= 11 is 11.8. The van der Waals surface area contributed by atoms with Gasteiger partial charge >= 0.3 is 5.97 Å². The second kappa shape index (κ2) is 6.18. The van der Waals surface area contributed by atoms with Gasteiger partial charge in [-0.3, -0.25) is 9.69 Å². The highest BCUT2D eigenvalue weighted by Crippen LogP contribution is 2.32. The highest BCUT2D eigenvalue weighted by Gasteiger charge is 2.36. The molecule has 1 aromatic rings. The van der Waals surface area contributed by atoms with Crippen molar-refractivity contribution in [3.63, 3.8) is 0 Å². The van der Waals surface area contributed by atoms with Crippen LogP contribution in [0.4, 0.5) is 0 Å². The van der Waals surface area contributed by atoms with Crippen LogP contribution in [-0.4, -0.2) is 47.4 Å². The molecule has 0 bridgehead atoms. The van der Waals surface area contributed by atoms with E-state index in [0.717, 1.165) is 0 Å². The van der Waals surface area contributed by atoms with Gasteiger partial charge in [0.15, 0.2) is 0 Å². The Kier molecular flexibility index (Phi) is 4.75. The van der Waals surface area contributed by atoms with Gasteiger partial charge in [0.2, 0.25) is 0 Å². The van der Waals surface area contributed by atoms with Crippen molar-refractivity contribution in [2.45, 2.75) is 12.6 Å². The summed E-state index contributed by atoms with van der Waals surface area (Å²) in [5.41, 5.74) is 0.557. The number of ether oxygens (including phenoxy) is 1. The third kappa shape index (κ3) is 3.17. The fourth-order valence-electron chi connectivity index (χ4n) is 2.34. The zero-order valence-corrected chi connectivity index (χ0v) is 12.4. The second-order valence-corrected chi connectivity index (χ2v) is 5.70. The molecule has 1 aliphatic rings. The van der Waals surface area contributed by atoms with Crippen LogP contribution in [0.3, 0.4) is 0 Å². The SMILES string of the molecule is CN(Cc1cc(Cl)cc(Cl)c1O)C1COCC1C(=O)O. The Hall–Kier alpha value is -1.01. The van der Waals surface area contributed by atoms with Gasteiger partial charge in [0.1, 0.15) is 5.75 Å². The third-order valence-electron chi connectivity index (χ3n) is 3.46. The van der Waals surface area contributed by atoms with Crippen molar-refractivity contribution in [3.05, 3.63) is 27.7 Å². The first kappa shape index (κ1) is 15.4. The predicted octanol–water partition coefficient (Wildman–Crippen LogP) is 2.23. The predicted molar refractivity (Wildman–Crippen MR) is 75.3 cm³/mol. The van der Waals surface area contributed by atoms with E-state index in [-0.39, 0.29) is 23.4 Å². The lowest BCUT2D eigenvalue weighted by Gasteiger charge is -2.26. The number of carbonyl (C=O) groups is 1. The lowest BCUT2D eigenvalue weighted by molar-refractivity contribution is -0.143. The number of carboxylic acids is 1. The minimum absolute atomic E-state index is 0.0336. The topological polar surface area (TPSA) is 70.0 Å². The first-order valence-electron chi connectivity index (χ1n) is 6.08. The molecule has 0 amide bonds. The molecule has 1 aromatic carbocycles. The van der Waals surface area contributed by atoms with Crippen molar-refractivity contribution >= 4 is 29.2 Å². The van der Waals surface area contributed by atoms with Gasteiger partial charge in [-0.25, -0.2) is 0 Å². The number of carboxylic acid groups (broad SMARTS) is 1. The Labute approximate surface area is 126 Å². The normalized spacial score (nSPS) is 22.4. The summed E-state index contributed by atoms with van der Waals surface area (Å²) in [5.74, 6) is -1.49. The van der Waals surface area contributed by atoms with Crippen LogP contribution in [0.2, 0.25) is 10.0 Å². The Balaban J connectivity index is 2.15. The molecule has 2 atom stereocenters. The molecule has 5 nitrogen and oxygen atoms in total. The summed E-state index contributed by atoms with van der Waals surface area (Å²) in [4.78, 5) is 13.0. The van der Waals surface area contributed by atoms with Gasteiger partial charge in [-0.05, 0) is 19.2 Å². The van der Waals surface area contributed by atoms with Gasteiger partial charge in [0, 0.05) is 23.2 Å². The quantitative estimate of drug-likeness (QED) is 0.890. The van der Waals surface area contributed by atoms with E-state index in [9.17, 15) is 9.90 Å². The number of phenols is 1. The molecule has 0 aromatic heterocycles. The van der Waals surface area contributed by atoms with Crippen molar-refractivity contribution in [1.29, 1.82) is 0 Å². The zero-order valence-electron chi connectivity index (χ0n) is 10.8. The van der Waals surface area contributed by atoms with Gasteiger partial charge in [-0.1, -0.05) is 23.2 Å². The molecular weight excluding hydrogens is 305 g/mol. The molecule has 7 heteroatoms. The van der Waals surface area contributed by atoms with Crippen LogP contribution >= 0.6 is 23.2 Å². The molecule has 2 N–H and O–H groups in total. The van der Waals surface area contributed by atoms with Gasteiger partial charge in [-0.15, -0.1) is 0 Å². The van der Waals surface area contributed by atoms with Crippen LogP contribution in [0.15, 0.2) is 12.1 Å². The van der Waals surface area contributed by atoms with Crippen molar-refractivity contribution in [2.24, 2.45) is 5.92 Å². The van der Waals surface area contributed by atoms with Crippen LogP contribution in [0.5, 0.6) is 5.75 Å². The van der Waals surface area contributed by atoms with Crippen molar-refractivity contribution in [2.75, 3.05) is 20.3 Å². The van der Waals surface area contributed by atoms with E-state index in [4.69, 9.17) is 33.0 Å². The number of likely N-dealkylation sites (N-methyl/N-ethyl adjacent to an activating group) is 1. The number of rotatable bonds is 4. The fourth-order valence-corrected chi connectivity index (χ4v) is 2.87. The second-order valence-electron chi connectivity index (χ2n) is 4.86. The number of aliphatic carboxylic acids is 1. The lowest BCUT2D eigenvalue weighted by Crippen LogP contribution is -2.40. The molecule has 20 heavy (non-hydrogen) atoms. The summed E-state index contributed by atoms with van der Waals surface area (Å²) in [5, 5.41) is 19.7. The lowest BCUT2D eigenvalue weighted by atomic mass is 10.0. The van der Waals surface area contributed by atoms with E-state index in [0.29, 0.717) is 23.7 Å². The maximum Gasteiger partial charge on any atom is 0.310 e. The molecule has 2 rings (SSSR count). The van der Waals surface area contributed by atoms with Crippen LogP contribution in [0.25, 0.3) is 0 Å². The molecule has 0 radical (unpaired) electrons. The van der Waals surface area contributed by atoms with E-state index < -0.39 is 11.9 Å². The Morgan fingerprint density at radius 3 is 2.80 bits per heavy atom. The van der Waals surface area contributed by atoms with Crippen molar-refractivity contribution < 1.29 is 19.7 Å². The number of phenolic OH excluding ortho intramolecular Hbond substituents is 1. The number of aromatic hydroxyl groups is 1. The van der Waals surface area contributed by atoms with Crippen LogP contribution < -0.4 is 0 Å². The largest absolute Gasteiger partial charge is 0.506 e. The first-order valence-corrected chi connectivity index (χ1v) is 6.83. The van der Waals surface area contributed by atoms with Crippen molar-refractivity contribution in [1.82, 2.24) is 4.90 Å². The molecule has 0 saturated carbocycles. The average molecular weight is 320 g/mol. The average Bonchev–Trinajstić information content (AvgIpc) is 2.84. The molecule has 1 heterocycles. The van der Waals surface area contributed by atoms with Crippen LogP contribution in [-0.2, 0) is 16.1 Å². The standard InChI is InChI=1S/C13H15Cl2NO4/c1-16(11-6-20-5-9(11)13(18)19)4-7-2-8(14)3-10(15)12(7)17/h2-3,9,11,17H,4-6H2,1H3,(H,18,19). The van der Waals surface area contributed by atoms with Crippen molar-refractivity contribution in [3.8, 4) is 5.75 Å². The molecule has 0 spiro atoms. The Morgan fingerprint density at radius 1 is 1.45 bits per heavy atom. The fraction of sp³-hybridized carbons (Fsp3) is 0.462. The maximum atomic E-state index is 11.1. The number of benzene rings is 1. The van der Waals surface area contributed by atoms with Gasteiger partial charge in [-0.2, -0.15) is 0 Å². The highest BCUT2D eigenvalue weighted by molar-refractivity contribution is 6.35. The zero-order chi connectivity index (χ0) is 14.9. The van der Waals surface area contributed by atoms with Gasteiger partial charge in [0.05, 0.1) is 24.2 Å². The summed E-state index contributed by atoms with van der Waals surface area (Å²) < 4.78 is 5.23. The first-order chi connectivity index (χ1) is 9.40. The summed E-state index contributed by atoms with van der Waals surface area (Å²) in [6.07, 6.45) is 0. The van der Waals surface area contributed by atoms with Gasteiger partial charge in [0.25, 0.3) is 0 Å². The minimum Gasteiger partial charge on any atom is -0.506 e. The number of hydrogen-bond donors (Lipinski definition) is 2. The number of nitrogens with zero attached hydrogens (tertiary/aromatic N) is 1. The van der Waals surface area contributed by atoms with E-state index in [1.165, 1.54) is 6.07 Å². The van der Waals surface area contributed by atoms with E-state index in [1.807, 2.05) is 4.90 Å². The van der Waals surface area contributed by atoms with Gasteiger partial charge < -0.3 is 14.9 Å². The van der Waals surface area contributed by atoms with E-state index in [1.54, 1.807) is 13.1 Å². The number of halogens is 2. The molecule has 1 aliphatic heterocycles. The molecule has 0 aliphatic carbocycles. The maximum absolute atomic E-state index is 11.1. The number of hydrogen-bond acceptors (Lipinski definition) is 4. The van der Waals surface area contributed by atoms with E-state index in [2.05, 4.69) is 0 Å². The third-order valence-corrected chi connectivity index (χ3v) is 3.97. The Morgan fingerprint density at radius 2 is 2.15 bits per heavy atom. The molecule has 2 unspecified atom stereocenters. The molecule has 1 saturated heterocycles. The Bertz CT molecular complexity index is 523. The summed E-state index contributed by atoms with van der Waals surface area (Å²) in [7, 11) is 1.78. The molecule has 110 valence electrons. The van der Waals surface area contributed by atoms with E-state index >= 15 is 0 Å².